The van der Waals surface area contributed by atoms with E-state index in [-0.39, 0.29) is 0 Å². The third-order valence-electron chi connectivity index (χ3n) is 9.77. The quantitative estimate of drug-likeness (QED) is 0.189. The molecular formula is C34H60N2. The number of unbranched alkanes of at least 4 members (excludes halogenated alkanes) is 10. The van der Waals surface area contributed by atoms with Crippen molar-refractivity contribution < 1.29 is 0 Å². The zero-order valence-electron chi connectivity index (χ0n) is 24.3. The van der Waals surface area contributed by atoms with Crippen molar-refractivity contribution in [3.8, 4) is 0 Å². The van der Waals surface area contributed by atoms with Crippen molar-refractivity contribution in [3.63, 3.8) is 0 Å². The Kier molecular flexibility index (Phi) is 15.1. The first-order valence-corrected chi connectivity index (χ1v) is 16.6. The van der Waals surface area contributed by atoms with Gasteiger partial charge in [0.05, 0.1) is 0 Å². The van der Waals surface area contributed by atoms with Crippen molar-refractivity contribution >= 4 is 0 Å². The molecule has 36 heavy (non-hydrogen) atoms. The summed E-state index contributed by atoms with van der Waals surface area (Å²) in [6.07, 6.45) is 38.1. The molecule has 3 rings (SSSR count). The number of rotatable bonds is 18. The van der Waals surface area contributed by atoms with Crippen LogP contribution >= 0.6 is 0 Å². The molecule has 0 N–H and O–H groups in total. The van der Waals surface area contributed by atoms with Gasteiger partial charge in [0.25, 0.3) is 0 Å². The van der Waals surface area contributed by atoms with Crippen molar-refractivity contribution in [3.05, 3.63) is 23.8 Å². The monoisotopic (exact) mass is 496 g/mol. The van der Waals surface area contributed by atoms with E-state index in [9.17, 15) is 0 Å². The third-order valence-corrected chi connectivity index (χ3v) is 9.77. The Morgan fingerprint density at radius 2 is 1.00 bits per heavy atom. The number of hydrogen-bond acceptors (Lipinski definition) is 2. The van der Waals surface area contributed by atoms with E-state index in [1.165, 1.54) is 147 Å². The summed E-state index contributed by atoms with van der Waals surface area (Å²) in [4.78, 5) is 9.46. The van der Waals surface area contributed by atoms with Gasteiger partial charge in [-0.15, -0.1) is 0 Å². The number of aromatic nitrogens is 2. The molecule has 0 aliphatic heterocycles. The molecule has 0 bridgehead atoms. The van der Waals surface area contributed by atoms with E-state index in [0.29, 0.717) is 0 Å². The predicted octanol–water partition coefficient (Wildman–Crippen LogP) is 10.7. The van der Waals surface area contributed by atoms with E-state index in [0.717, 1.165) is 42.3 Å². The maximum atomic E-state index is 4.73. The van der Waals surface area contributed by atoms with Gasteiger partial charge in [0.2, 0.25) is 0 Å². The zero-order valence-corrected chi connectivity index (χ0v) is 24.3. The molecule has 2 nitrogen and oxygen atoms in total. The number of nitrogens with zero attached hydrogens (tertiary/aromatic N) is 2. The summed E-state index contributed by atoms with van der Waals surface area (Å²) >= 11 is 0. The molecule has 2 heteroatoms. The molecule has 1 aromatic rings. The van der Waals surface area contributed by atoms with Crippen molar-refractivity contribution in [1.82, 2.24) is 9.97 Å². The first-order valence-electron chi connectivity index (χ1n) is 16.6. The molecule has 206 valence electrons. The lowest BCUT2D eigenvalue weighted by molar-refractivity contribution is 0.140. The molecular weight excluding hydrogens is 436 g/mol. The minimum absolute atomic E-state index is 0.914. The van der Waals surface area contributed by atoms with Gasteiger partial charge in [-0.25, -0.2) is 9.97 Å². The highest BCUT2D eigenvalue weighted by molar-refractivity contribution is 5.05. The van der Waals surface area contributed by atoms with Gasteiger partial charge >= 0.3 is 0 Å². The van der Waals surface area contributed by atoms with Gasteiger partial charge in [0.15, 0.2) is 0 Å². The van der Waals surface area contributed by atoms with E-state index >= 15 is 0 Å². The van der Waals surface area contributed by atoms with Crippen LogP contribution in [0.15, 0.2) is 12.4 Å². The smallest absolute Gasteiger partial charge is 0.128 e. The lowest BCUT2D eigenvalue weighted by Gasteiger charge is -2.38. The summed E-state index contributed by atoms with van der Waals surface area (Å²) in [5.74, 6) is 5.13. The Labute approximate surface area is 225 Å². The van der Waals surface area contributed by atoms with E-state index in [1.807, 2.05) is 0 Å². The minimum atomic E-state index is 0.914. The summed E-state index contributed by atoms with van der Waals surface area (Å²) in [7, 11) is 0. The predicted molar refractivity (Wildman–Crippen MR) is 156 cm³/mol. The van der Waals surface area contributed by atoms with Crippen molar-refractivity contribution in [2.45, 2.75) is 168 Å². The summed E-state index contributed by atoms with van der Waals surface area (Å²) in [6.45, 7) is 4.63. The van der Waals surface area contributed by atoms with Crippen LogP contribution in [0.25, 0.3) is 0 Å². The van der Waals surface area contributed by atoms with Gasteiger partial charge < -0.3 is 0 Å². The van der Waals surface area contributed by atoms with Crippen LogP contribution in [0.1, 0.15) is 166 Å². The van der Waals surface area contributed by atoms with Crippen LogP contribution in [-0.4, -0.2) is 9.97 Å². The molecule has 1 heterocycles. The fourth-order valence-electron chi connectivity index (χ4n) is 7.18. The van der Waals surface area contributed by atoms with Crippen LogP contribution in [0, 0.1) is 23.7 Å². The van der Waals surface area contributed by atoms with Gasteiger partial charge in [-0.2, -0.15) is 0 Å². The molecule has 0 radical (unpaired) electrons. The highest BCUT2D eigenvalue weighted by Crippen LogP contribution is 2.43. The lowest BCUT2D eigenvalue weighted by Crippen LogP contribution is -2.26. The minimum Gasteiger partial charge on any atom is -0.241 e. The third kappa shape index (κ3) is 11.6. The number of hydrogen-bond donors (Lipinski definition) is 0. The van der Waals surface area contributed by atoms with Gasteiger partial charge in [0, 0.05) is 18.8 Å². The number of aryl methyl sites for hydroxylation is 2. The van der Waals surface area contributed by atoms with Gasteiger partial charge in [-0.05, 0) is 74.2 Å². The fourth-order valence-corrected chi connectivity index (χ4v) is 7.18. The normalized spacial score (nSPS) is 24.7. The van der Waals surface area contributed by atoms with Crippen LogP contribution in [-0.2, 0) is 12.8 Å². The molecule has 0 spiro atoms. The maximum Gasteiger partial charge on any atom is 0.128 e. The van der Waals surface area contributed by atoms with Crippen LogP contribution in [0.5, 0.6) is 0 Å². The summed E-state index contributed by atoms with van der Waals surface area (Å²) in [6, 6.07) is 0. The Hall–Kier alpha value is -0.920. The molecule has 0 atom stereocenters. The van der Waals surface area contributed by atoms with E-state index in [4.69, 9.17) is 9.97 Å². The molecule has 0 unspecified atom stereocenters. The van der Waals surface area contributed by atoms with Crippen LogP contribution in [0.2, 0.25) is 0 Å². The lowest BCUT2D eigenvalue weighted by atomic mass is 9.68. The average molecular weight is 497 g/mol. The van der Waals surface area contributed by atoms with E-state index in [2.05, 4.69) is 26.2 Å². The standard InChI is InChI=1S/C34H60N2/c1-3-5-7-8-9-10-11-12-13-14-16-31-27-35-34(36-28-31)26-21-30-19-24-33(25-20-30)32-22-17-29(18-23-32)15-6-4-2/h27-30,32-33H,3-26H2,1-2H3. The SMILES string of the molecule is CCCCCCCCCCCCc1cnc(CCC2CCC(C3CCC(CCCC)CC3)CC2)nc1. The largest absolute Gasteiger partial charge is 0.241 e. The van der Waals surface area contributed by atoms with Crippen molar-refractivity contribution in [2.75, 3.05) is 0 Å². The molecule has 2 saturated carbocycles. The molecule has 1 aromatic heterocycles. The van der Waals surface area contributed by atoms with Crippen LogP contribution in [0.4, 0.5) is 0 Å². The molecule has 0 aromatic carbocycles. The second-order valence-corrected chi connectivity index (χ2v) is 12.7. The average Bonchev–Trinajstić information content (AvgIpc) is 2.93. The molecule has 0 saturated heterocycles. The summed E-state index contributed by atoms with van der Waals surface area (Å²) in [5.41, 5.74) is 1.34. The molecule has 2 aliphatic carbocycles. The maximum absolute atomic E-state index is 4.73. The fraction of sp³-hybridized carbons (Fsp3) is 0.882. The van der Waals surface area contributed by atoms with Crippen molar-refractivity contribution in [2.24, 2.45) is 23.7 Å². The molecule has 2 aliphatic rings. The highest BCUT2D eigenvalue weighted by Gasteiger charge is 2.30. The zero-order chi connectivity index (χ0) is 25.3. The summed E-state index contributed by atoms with van der Waals surface area (Å²) < 4.78 is 0. The Balaban J connectivity index is 1.20. The van der Waals surface area contributed by atoms with Crippen LogP contribution < -0.4 is 0 Å². The molecule has 0 amide bonds. The second kappa shape index (κ2) is 18.4. The van der Waals surface area contributed by atoms with E-state index in [1.54, 1.807) is 0 Å². The molecule has 2 fully saturated rings. The summed E-state index contributed by atoms with van der Waals surface area (Å²) in [5, 5.41) is 0. The topological polar surface area (TPSA) is 25.8 Å². The van der Waals surface area contributed by atoms with Crippen LogP contribution in [0.3, 0.4) is 0 Å². The second-order valence-electron chi connectivity index (χ2n) is 12.7. The first-order chi connectivity index (χ1) is 17.8. The van der Waals surface area contributed by atoms with Gasteiger partial charge in [-0.1, -0.05) is 117 Å². The van der Waals surface area contributed by atoms with Gasteiger partial charge in [0.1, 0.15) is 5.82 Å². The Bertz CT molecular complexity index is 638. The van der Waals surface area contributed by atoms with E-state index < -0.39 is 0 Å². The Morgan fingerprint density at radius 3 is 1.53 bits per heavy atom. The highest BCUT2D eigenvalue weighted by atomic mass is 14.9. The van der Waals surface area contributed by atoms with Gasteiger partial charge in [-0.3, -0.25) is 0 Å². The Morgan fingerprint density at radius 1 is 0.528 bits per heavy atom. The van der Waals surface area contributed by atoms with Crippen molar-refractivity contribution in [1.29, 1.82) is 0 Å². The first kappa shape index (κ1) is 29.6.